The van der Waals surface area contributed by atoms with E-state index in [1.807, 2.05) is 0 Å². The van der Waals surface area contributed by atoms with Crippen molar-refractivity contribution in [3.05, 3.63) is 52.3 Å². The van der Waals surface area contributed by atoms with E-state index in [4.69, 9.17) is 4.74 Å². The number of phenols is 1. The molecule has 0 aliphatic heterocycles. The summed E-state index contributed by atoms with van der Waals surface area (Å²) in [4.78, 5) is 23.5. The molecular formula is C17H15BrFN3O4. The van der Waals surface area contributed by atoms with E-state index in [1.165, 1.54) is 43.7 Å². The first kappa shape index (κ1) is 19.4. The Labute approximate surface area is 157 Å². The zero-order chi connectivity index (χ0) is 19.1. The molecule has 0 saturated carbocycles. The Morgan fingerprint density at radius 2 is 1.96 bits per heavy atom. The van der Waals surface area contributed by atoms with Gasteiger partial charge in [0.25, 0.3) is 0 Å². The highest BCUT2D eigenvalue weighted by molar-refractivity contribution is 9.10. The second-order valence-corrected chi connectivity index (χ2v) is 5.93. The summed E-state index contributed by atoms with van der Waals surface area (Å²) in [5.41, 5.74) is 3.16. The number of nitrogens with zero attached hydrogens (tertiary/aromatic N) is 1. The van der Waals surface area contributed by atoms with Crippen molar-refractivity contribution in [2.75, 3.05) is 12.4 Å². The van der Waals surface area contributed by atoms with Crippen molar-refractivity contribution >= 4 is 39.6 Å². The SMILES string of the molecule is COc1cc(/C=N/NC(=O)CC(=O)Nc2ccc(F)cc2)cc(Br)c1O. The van der Waals surface area contributed by atoms with Crippen LogP contribution in [0.4, 0.5) is 10.1 Å². The van der Waals surface area contributed by atoms with Crippen molar-refractivity contribution in [3.8, 4) is 11.5 Å². The molecule has 7 nitrogen and oxygen atoms in total. The van der Waals surface area contributed by atoms with E-state index < -0.39 is 24.1 Å². The quantitative estimate of drug-likeness (QED) is 0.377. The van der Waals surface area contributed by atoms with Crippen LogP contribution in [0.25, 0.3) is 0 Å². The van der Waals surface area contributed by atoms with Gasteiger partial charge in [0.2, 0.25) is 11.8 Å². The van der Waals surface area contributed by atoms with Gasteiger partial charge in [-0.05, 0) is 57.9 Å². The van der Waals surface area contributed by atoms with Crippen LogP contribution in [-0.4, -0.2) is 30.2 Å². The number of benzene rings is 2. The maximum atomic E-state index is 12.8. The molecular weight excluding hydrogens is 409 g/mol. The number of aromatic hydroxyl groups is 1. The number of hydrazone groups is 1. The van der Waals surface area contributed by atoms with Gasteiger partial charge in [-0.1, -0.05) is 0 Å². The molecule has 9 heteroatoms. The van der Waals surface area contributed by atoms with E-state index in [0.29, 0.717) is 15.7 Å². The minimum absolute atomic E-state index is 0.0499. The van der Waals surface area contributed by atoms with Crippen LogP contribution >= 0.6 is 15.9 Å². The molecule has 0 atom stereocenters. The number of carbonyl (C=O) groups is 2. The number of methoxy groups -OCH3 is 1. The average molecular weight is 424 g/mol. The van der Waals surface area contributed by atoms with Crippen LogP contribution in [0.2, 0.25) is 0 Å². The molecule has 0 bridgehead atoms. The molecule has 0 fully saturated rings. The van der Waals surface area contributed by atoms with E-state index in [2.05, 4.69) is 31.8 Å². The van der Waals surface area contributed by atoms with Crippen LogP contribution in [0.3, 0.4) is 0 Å². The Bertz CT molecular complexity index is 841. The summed E-state index contributed by atoms with van der Waals surface area (Å²) in [5, 5.41) is 15.9. The van der Waals surface area contributed by atoms with Gasteiger partial charge in [-0.2, -0.15) is 5.10 Å². The zero-order valence-corrected chi connectivity index (χ0v) is 15.2. The summed E-state index contributed by atoms with van der Waals surface area (Å²) in [5.74, 6) is -1.41. The minimum atomic E-state index is -0.620. The Hall–Kier alpha value is -2.94. The van der Waals surface area contributed by atoms with Crippen LogP contribution < -0.4 is 15.5 Å². The van der Waals surface area contributed by atoms with Crippen LogP contribution in [0.15, 0.2) is 46.0 Å². The van der Waals surface area contributed by atoms with Gasteiger partial charge >= 0.3 is 0 Å². The number of halogens is 2. The van der Waals surface area contributed by atoms with Crippen molar-refractivity contribution < 1.29 is 23.8 Å². The Morgan fingerprint density at radius 3 is 2.62 bits per heavy atom. The molecule has 0 radical (unpaired) electrons. The molecule has 0 heterocycles. The number of ether oxygens (including phenoxy) is 1. The molecule has 0 saturated heterocycles. The van der Waals surface area contributed by atoms with Gasteiger partial charge in [-0.3, -0.25) is 9.59 Å². The van der Waals surface area contributed by atoms with E-state index in [0.717, 1.165) is 0 Å². The summed E-state index contributed by atoms with van der Waals surface area (Å²) in [7, 11) is 1.41. The fourth-order valence-electron chi connectivity index (χ4n) is 1.93. The molecule has 0 aliphatic rings. The van der Waals surface area contributed by atoms with Crippen molar-refractivity contribution in [1.29, 1.82) is 0 Å². The van der Waals surface area contributed by atoms with Crippen LogP contribution in [0.5, 0.6) is 11.5 Å². The van der Waals surface area contributed by atoms with E-state index in [9.17, 15) is 19.1 Å². The van der Waals surface area contributed by atoms with Crippen molar-refractivity contribution in [1.82, 2.24) is 5.43 Å². The number of phenolic OH excluding ortho intramolecular Hbond substituents is 1. The van der Waals surface area contributed by atoms with Crippen LogP contribution in [-0.2, 0) is 9.59 Å². The zero-order valence-electron chi connectivity index (χ0n) is 13.6. The number of hydrogen-bond acceptors (Lipinski definition) is 5. The van der Waals surface area contributed by atoms with Gasteiger partial charge in [0.15, 0.2) is 11.5 Å². The average Bonchev–Trinajstić information content (AvgIpc) is 2.59. The first-order valence-corrected chi connectivity index (χ1v) is 8.12. The first-order valence-electron chi connectivity index (χ1n) is 7.33. The third kappa shape index (κ3) is 5.55. The Balaban J connectivity index is 1.88. The summed E-state index contributed by atoms with van der Waals surface area (Å²) >= 11 is 3.17. The first-order chi connectivity index (χ1) is 12.4. The third-order valence-corrected chi connectivity index (χ3v) is 3.73. The molecule has 136 valence electrons. The summed E-state index contributed by atoms with van der Waals surface area (Å²) in [6.45, 7) is 0. The molecule has 2 aromatic carbocycles. The lowest BCUT2D eigenvalue weighted by atomic mass is 10.2. The van der Waals surface area contributed by atoms with Gasteiger partial charge in [-0.25, -0.2) is 9.82 Å². The van der Waals surface area contributed by atoms with E-state index >= 15 is 0 Å². The molecule has 2 aromatic rings. The molecule has 2 amide bonds. The molecule has 26 heavy (non-hydrogen) atoms. The van der Waals surface area contributed by atoms with Gasteiger partial charge in [0.1, 0.15) is 12.2 Å². The van der Waals surface area contributed by atoms with Gasteiger partial charge < -0.3 is 15.2 Å². The van der Waals surface area contributed by atoms with Crippen molar-refractivity contribution in [3.63, 3.8) is 0 Å². The fourth-order valence-corrected chi connectivity index (χ4v) is 2.39. The summed E-state index contributed by atoms with van der Waals surface area (Å²) < 4.78 is 18.2. The standard InChI is InChI=1S/C17H15BrFN3O4/c1-26-14-7-10(6-13(18)17(14)25)9-20-22-16(24)8-15(23)21-12-4-2-11(19)3-5-12/h2-7,9,25H,8H2,1H3,(H,21,23)(H,22,24)/b20-9+. The minimum Gasteiger partial charge on any atom is -0.503 e. The number of amides is 2. The highest BCUT2D eigenvalue weighted by Crippen LogP contribution is 2.34. The van der Waals surface area contributed by atoms with Crippen LogP contribution in [0, 0.1) is 5.82 Å². The second kappa shape index (κ2) is 8.95. The molecule has 0 aliphatic carbocycles. The summed E-state index contributed by atoms with van der Waals surface area (Å²) in [6, 6.07) is 8.28. The number of nitrogens with one attached hydrogen (secondary N) is 2. The van der Waals surface area contributed by atoms with E-state index in [1.54, 1.807) is 6.07 Å². The number of hydrogen-bond donors (Lipinski definition) is 3. The Kier molecular flexibility index (Phi) is 6.67. The van der Waals surface area contributed by atoms with Crippen molar-refractivity contribution in [2.45, 2.75) is 6.42 Å². The molecule has 0 aromatic heterocycles. The lowest BCUT2D eigenvalue weighted by molar-refractivity contribution is -0.126. The Morgan fingerprint density at radius 1 is 1.27 bits per heavy atom. The fraction of sp³-hybridized carbons (Fsp3) is 0.118. The second-order valence-electron chi connectivity index (χ2n) is 5.08. The number of carbonyl (C=O) groups excluding carboxylic acids is 2. The lowest BCUT2D eigenvalue weighted by Crippen LogP contribution is -2.24. The summed E-state index contributed by atoms with van der Waals surface area (Å²) in [6.07, 6.45) is 0.889. The maximum Gasteiger partial charge on any atom is 0.249 e. The van der Waals surface area contributed by atoms with E-state index in [-0.39, 0.29) is 11.5 Å². The predicted molar refractivity (Wildman–Crippen MR) is 97.7 cm³/mol. The van der Waals surface area contributed by atoms with Crippen LogP contribution in [0.1, 0.15) is 12.0 Å². The highest BCUT2D eigenvalue weighted by Gasteiger charge is 2.10. The third-order valence-electron chi connectivity index (χ3n) is 3.12. The molecule has 3 N–H and O–H groups in total. The number of rotatable bonds is 6. The molecule has 0 spiro atoms. The van der Waals surface area contributed by atoms with Crippen molar-refractivity contribution in [2.24, 2.45) is 5.10 Å². The molecule has 0 unspecified atom stereocenters. The van der Waals surface area contributed by atoms with Gasteiger partial charge in [0.05, 0.1) is 17.8 Å². The molecule has 2 rings (SSSR count). The largest absolute Gasteiger partial charge is 0.503 e. The maximum absolute atomic E-state index is 12.8. The van der Waals surface area contributed by atoms with Gasteiger partial charge in [0, 0.05) is 5.69 Å². The topological polar surface area (TPSA) is 100 Å². The number of anilines is 1. The normalized spacial score (nSPS) is 10.6. The van der Waals surface area contributed by atoms with Gasteiger partial charge in [-0.15, -0.1) is 0 Å². The predicted octanol–water partition coefficient (Wildman–Crippen LogP) is 2.78. The lowest BCUT2D eigenvalue weighted by Gasteiger charge is -2.06. The smallest absolute Gasteiger partial charge is 0.249 e. The highest BCUT2D eigenvalue weighted by atomic mass is 79.9. The monoisotopic (exact) mass is 423 g/mol.